The molecule has 0 bridgehead atoms. The highest BCUT2D eigenvalue weighted by atomic mass is 16.5. The molecule has 1 aromatic heterocycles. The normalized spacial score (nSPS) is 16.9. The standard InChI is InChI=1S/C22H23N3O3/c1-14-3-8-19-18(11-14)15(13-24-19)9-10-23-20-12-21(26)25(22(20)27)16-4-6-17(28-2)7-5-16/h3-8,11,13,20,23-24H,9-10,12H2,1-2H3. The Morgan fingerprint density at radius 3 is 2.71 bits per heavy atom. The van der Waals surface area contributed by atoms with Crippen molar-refractivity contribution in [3.8, 4) is 5.75 Å². The monoisotopic (exact) mass is 377 g/mol. The second-order valence-corrected chi connectivity index (χ2v) is 7.09. The summed E-state index contributed by atoms with van der Waals surface area (Å²) in [6.45, 7) is 2.70. The zero-order valence-corrected chi connectivity index (χ0v) is 16.0. The minimum atomic E-state index is -0.485. The molecular weight excluding hydrogens is 354 g/mol. The molecule has 1 fully saturated rings. The maximum absolute atomic E-state index is 12.7. The molecule has 2 N–H and O–H groups in total. The summed E-state index contributed by atoms with van der Waals surface area (Å²) in [4.78, 5) is 29.6. The number of carbonyl (C=O) groups is 2. The lowest BCUT2D eigenvalue weighted by Crippen LogP contribution is -2.39. The molecule has 0 spiro atoms. The van der Waals surface area contributed by atoms with Crippen LogP contribution in [0.4, 0.5) is 5.69 Å². The quantitative estimate of drug-likeness (QED) is 0.648. The second-order valence-electron chi connectivity index (χ2n) is 7.09. The third-order valence-electron chi connectivity index (χ3n) is 5.19. The topological polar surface area (TPSA) is 74.4 Å². The van der Waals surface area contributed by atoms with Crippen molar-refractivity contribution in [1.82, 2.24) is 10.3 Å². The summed E-state index contributed by atoms with van der Waals surface area (Å²) in [7, 11) is 1.58. The Labute approximate surface area is 163 Å². The van der Waals surface area contributed by atoms with Crippen LogP contribution in [0.3, 0.4) is 0 Å². The van der Waals surface area contributed by atoms with Crippen molar-refractivity contribution in [2.75, 3.05) is 18.6 Å². The number of hydrogen-bond donors (Lipinski definition) is 2. The second kappa shape index (κ2) is 7.48. The first-order valence-corrected chi connectivity index (χ1v) is 9.37. The number of anilines is 1. The van der Waals surface area contributed by atoms with E-state index in [1.165, 1.54) is 21.4 Å². The highest BCUT2D eigenvalue weighted by molar-refractivity contribution is 6.22. The van der Waals surface area contributed by atoms with E-state index in [4.69, 9.17) is 4.74 Å². The van der Waals surface area contributed by atoms with Gasteiger partial charge in [0.05, 0.1) is 25.3 Å². The molecule has 0 aliphatic carbocycles. The summed E-state index contributed by atoms with van der Waals surface area (Å²) in [5.41, 5.74) is 4.11. The number of imide groups is 1. The number of aromatic amines is 1. The summed E-state index contributed by atoms with van der Waals surface area (Å²) in [5.74, 6) is 0.298. The fourth-order valence-electron chi connectivity index (χ4n) is 3.67. The Bertz CT molecular complexity index is 1020. The average molecular weight is 377 g/mol. The largest absolute Gasteiger partial charge is 0.497 e. The summed E-state index contributed by atoms with van der Waals surface area (Å²) < 4.78 is 5.13. The minimum absolute atomic E-state index is 0.178. The summed E-state index contributed by atoms with van der Waals surface area (Å²) >= 11 is 0. The van der Waals surface area contributed by atoms with Gasteiger partial charge in [0, 0.05) is 23.6 Å². The van der Waals surface area contributed by atoms with Gasteiger partial charge in [0.1, 0.15) is 5.75 Å². The number of carbonyl (C=O) groups excluding carboxylic acids is 2. The predicted octanol–water partition coefficient (Wildman–Crippen LogP) is 2.95. The van der Waals surface area contributed by atoms with Gasteiger partial charge in [-0.25, -0.2) is 4.90 Å². The Kier molecular flexibility index (Phi) is 4.88. The van der Waals surface area contributed by atoms with Crippen molar-refractivity contribution in [2.45, 2.75) is 25.8 Å². The van der Waals surface area contributed by atoms with E-state index >= 15 is 0 Å². The van der Waals surface area contributed by atoms with Gasteiger partial charge in [-0.15, -0.1) is 0 Å². The SMILES string of the molecule is COc1ccc(N2C(=O)CC(NCCc3c[nH]c4ccc(C)cc34)C2=O)cc1. The Morgan fingerprint density at radius 1 is 1.18 bits per heavy atom. The van der Waals surface area contributed by atoms with Gasteiger partial charge >= 0.3 is 0 Å². The number of rotatable bonds is 6. The van der Waals surface area contributed by atoms with E-state index in [2.05, 4.69) is 35.4 Å². The van der Waals surface area contributed by atoms with Crippen molar-refractivity contribution in [2.24, 2.45) is 0 Å². The zero-order valence-electron chi connectivity index (χ0n) is 16.0. The van der Waals surface area contributed by atoms with Crippen molar-refractivity contribution in [3.05, 3.63) is 59.8 Å². The molecule has 0 radical (unpaired) electrons. The number of ether oxygens (including phenoxy) is 1. The van der Waals surface area contributed by atoms with Gasteiger partial charge in [-0.2, -0.15) is 0 Å². The Hall–Kier alpha value is -3.12. The maximum Gasteiger partial charge on any atom is 0.251 e. The van der Waals surface area contributed by atoms with Crippen LogP contribution in [0, 0.1) is 6.92 Å². The summed E-state index contributed by atoms with van der Waals surface area (Å²) in [5, 5.41) is 4.46. The van der Waals surface area contributed by atoms with Crippen LogP contribution in [0.15, 0.2) is 48.7 Å². The highest BCUT2D eigenvalue weighted by Gasteiger charge is 2.39. The van der Waals surface area contributed by atoms with E-state index < -0.39 is 6.04 Å². The van der Waals surface area contributed by atoms with Crippen LogP contribution >= 0.6 is 0 Å². The summed E-state index contributed by atoms with van der Waals surface area (Å²) in [6, 6.07) is 12.8. The van der Waals surface area contributed by atoms with Gasteiger partial charge in [-0.1, -0.05) is 11.6 Å². The first-order valence-electron chi connectivity index (χ1n) is 9.37. The van der Waals surface area contributed by atoms with Gasteiger partial charge in [-0.05, 0) is 55.3 Å². The predicted molar refractivity (Wildman–Crippen MR) is 109 cm³/mol. The van der Waals surface area contributed by atoms with E-state index in [1.54, 1.807) is 31.4 Å². The van der Waals surface area contributed by atoms with E-state index in [9.17, 15) is 9.59 Å². The molecule has 1 unspecified atom stereocenters. The molecule has 6 nitrogen and oxygen atoms in total. The lowest BCUT2D eigenvalue weighted by molar-refractivity contribution is -0.121. The molecular formula is C22H23N3O3. The number of amides is 2. The average Bonchev–Trinajstić information content (AvgIpc) is 3.22. The van der Waals surface area contributed by atoms with E-state index in [0.717, 1.165) is 11.9 Å². The Balaban J connectivity index is 1.40. The van der Waals surface area contributed by atoms with E-state index in [1.807, 2.05) is 6.20 Å². The molecule has 1 aliphatic heterocycles. The van der Waals surface area contributed by atoms with Gasteiger partial charge in [0.25, 0.3) is 5.91 Å². The molecule has 2 aromatic carbocycles. The molecule has 1 saturated heterocycles. The molecule has 2 amide bonds. The number of nitrogens with one attached hydrogen (secondary N) is 2. The minimum Gasteiger partial charge on any atom is -0.497 e. The molecule has 144 valence electrons. The molecule has 6 heteroatoms. The smallest absolute Gasteiger partial charge is 0.251 e. The van der Waals surface area contributed by atoms with E-state index in [0.29, 0.717) is 18.0 Å². The van der Waals surface area contributed by atoms with Gasteiger partial charge in [-0.3, -0.25) is 9.59 Å². The fraction of sp³-hybridized carbons (Fsp3) is 0.273. The number of nitrogens with zero attached hydrogens (tertiary/aromatic N) is 1. The van der Waals surface area contributed by atoms with Gasteiger partial charge in [0.2, 0.25) is 5.91 Å². The third kappa shape index (κ3) is 3.39. The van der Waals surface area contributed by atoms with Crippen LogP contribution in [-0.4, -0.2) is 36.5 Å². The van der Waals surface area contributed by atoms with Crippen molar-refractivity contribution >= 4 is 28.4 Å². The first-order chi connectivity index (χ1) is 13.6. The molecule has 28 heavy (non-hydrogen) atoms. The molecule has 3 aromatic rings. The number of hydrogen-bond acceptors (Lipinski definition) is 4. The van der Waals surface area contributed by atoms with Crippen LogP contribution in [0.1, 0.15) is 17.5 Å². The van der Waals surface area contributed by atoms with Crippen molar-refractivity contribution in [1.29, 1.82) is 0 Å². The van der Waals surface area contributed by atoms with Crippen molar-refractivity contribution in [3.63, 3.8) is 0 Å². The van der Waals surface area contributed by atoms with Crippen LogP contribution < -0.4 is 15.0 Å². The van der Waals surface area contributed by atoms with Gasteiger partial charge in [0.15, 0.2) is 0 Å². The van der Waals surface area contributed by atoms with Crippen molar-refractivity contribution < 1.29 is 14.3 Å². The number of aryl methyl sites for hydroxylation is 1. The zero-order chi connectivity index (χ0) is 19.7. The fourth-order valence-corrected chi connectivity index (χ4v) is 3.67. The lowest BCUT2D eigenvalue weighted by atomic mass is 10.1. The number of aromatic nitrogens is 1. The van der Waals surface area contributed by atoms with Crippen LogP contribution in [0.2, 0.25) is 0 Å². The van der Waals surface area contributed by atoms with Crippen LogP contribution in [0.25, 0.3) is 10.9 Å². The molecule has 1 aliphatic rings. The highest BCUT2D eigenvalue weighted by Crippen LogP contribution is 2.25. The summed E-state index contributed by atoms with van der Waals surface area (Å²) in [6.07, 6.45) is 2.97. The van der Waals surface area contributed by atoms with Crippen LogP contribution in [-0.2, 0) is 16.0 Å². The maximum atomic E-state index is 12.7. The number of methoxy groups -OCH3 is 1. The molecule has 1 atom stereocenters. The number of H-pyrrole nitrogens is 1. The number of benzene rings is 2. The van der Waals surface area contributed by atoms with Crippen LogP contribution in [0.5, 0.6) is 5.75 Å². The Morgan fingerprint density at radius 2 is 1.96 bits per heavy atom. The third-order valence-corrected chi connectivity index (χ3v) is 5.19. The molecule has 0 saturated carbocycles. The van der Waals surface area contributed by atoms with E-state index in [-0.39, 0.29) is 18.2 Å². The lowest BCUT2D eigenvalue weighted by Gasteiger charge is -2.16. The number of fused-ring (bicyclic) bond motifs is 1. The van der Waals surface area contributed by atoms with Gasteiger partial charge < -0.3 is 15.0 Å². The molecule has 2 heterocycles. The first kappa shape index (κ1) is 18.3. The molecule has 4 rings (SSSR count).